The first-order valence-corrected chi connectivity index (χ1v) is 7.48. The van der Waals surface area contributed by atoms with Gasteiger partial charge in [-0.25, -0.2) is 4.98 Å². The Morgan fingerprint density at radius 2 is 2.25 bits per heavy atom. The van der Waals surface area contributed by atoms with E-state index < -0.39 is 0 Å². The molecule has 0 atom stereocenters. The highest BCUT2D eigenvalue weighted by Crippen LogP contribution is 2.18. The van der Waals surface area contributed by atoms with Crippen molar-refractivity contribution >= 4 is 11.6 Å². The van der Waals surface area contributed by atoms with Crippen LogP contribution in [0.4, 0.5) is 0 Å². The zero-order chi connectivity index (χ0) is 16.5. The molecule has 0 aromatic carbocycles. The largest absolute Gasteiger partial charge is 0.463 e. The number of carbonyl (C=O) groups is 1. The molecular formula is C17H15N5O2. The van der Waals surface area contributed by atoms with Crippen LogP contribution in [0.15, 0.2) is 59.5 Å². The topological polar surface area (TPSA) is 79.4 Å². The fourth-order valence-corrected chi connectivity index (χ4v) is 2.56. The number of pyridine rings is 1. The molecule has 0 radical (unpaired) electrons. The van der Waals surface area contributed by atoms with E-state index in [-0.39, 0.29) is 5.91 Å². The number of aromatic amines is 1. The van der Waals surface area contributed by atoms with Crippen LogP contribution < -0.4 is 0 Å². The quantitative estimate of drug-likeness (QED) is 0.626. The summed E-state index contributed by atoms with van der Waals surface area (Å²) in [4.78, 5) is 18.6. The molecule has 0 aliphatic carbocycles. The summed E-state index contributed by atoms with van der Waals surface area (Å²) in [6, 6.07) is 11.1. The molecule has 4 heterocycles. The van der Waals surface area contributed by atoms with Crippen molar-refractivity contribution in [2.45, 2.75) is 6.54 Å². The van der Waals surface area contributed by atoms with Crippen LogP contribution in [0.2, 0.25) is 0 Å². The van der Waals surface area contributed by atoms with Crippen LogP contribution in [0.5, 0.6) is 0 Å². The number of rotatable bonds is 4. The Bertz CT molecular complexity index is 950. The predicted octanol–water partition coefficient (Wildman–Crippen LogP) is 2.59. The minimum absolute atomic E-state index is 0.180. The average Bonchev–Trinajstić information content (AvgIpc) is 3.32. The number of imidazole rings is 1. The van der Waals surface area contributed by atoms with E-state index in [9.17, 15) is 4.79 Å². The minimum Gasteiger partial charge on any atom is -0.463 e. The molecule has 7 nitrogen and oxygen atoms in total. The molecule has 1 N–H and O–H groups in total. The highest BCUT2D eigenvalue weighted by Gasteiger charge is 2.18. The van der Waals surface area contributed by atoms with Crippen molar-refractivity contribution in [2.24, 2.45) is 0 Å². The maximum absolute atomic E-state index is 12.5. The van der Waals surface area contributed by atoms with Gasteiger partial charge in [0.1, 0.15) is 11.3 Å². The lowest BCUT2D eigenvalue weighted by molar-refractivity contribution is 0.0778. The molecule has 4 aromatic rings. The molecule has 0 aliphatic heterocycles. The molecule has 0 aliphatic rings. The Kier molecular flexibility index (Phi) is 3.38. The molecule has 120 valence electrons. The van der Waals surface area contributed by atoms with Gasteiger partial charge in [0, 0.05) is 25.5 Å². The van der Waals surface area contributed by atoms with Crippen LogP contribution >= 0.6 is 0 Å². The molecule has 4 rings (SSSR count). The van der Waals surface area contributed by atoms with Gasteiger partial charge in [0.15, 0.2) is 11.5 Å². The Hall–Kier alpha value is -3.35. The molecule has 0 bridgehead atoms. The highest BCUT2D eigenvalue weighted by molar-refractivity contribution is 5.93. The van der Waals surface area contributed by atoms with E-state index in [1.165, 1.54) is 0 Å². The first kappa shape index (κ1) is 14.3. The van der Waals surface area contributed by atoms with Gasteiger partial charge in [-0.3, -0.25) is 9.89 Å². The second-order valence-electron chi connectivity index (χ2n) is 5.50. The van der Waals surface area contributed by atoms with Crippen molar-refractivity contribution in [3.8, 4) is 11.5 Å². The normalized spacial score (nSPS) is 11.0. The molecule has 0 spiro atoms. The molecule has 0 fully saturated rings. The number of carbonyl (C=O) groups excluding carboxylic acids is 1. The van der Waals surface area contributed by atoms with Crippen LogP contribution in [0, 0.1) is 0 Å². The van der Waals surface area contributed by atoms with Gasteiger partial charge >= 0.3 is 0 Å². The lowest BCUT2D eigenvalue weighted by atomic mass is 10.3. The van der Waals surface area contributed by atoms with E-state index in [4.69, 9.17) is 4.42 Å². The van der Waals surface area contributed by atoms with Gasteiger partial charge in [0.25, 0.3) is 5.91 Å². The molecule has 0 unspecified atom stereocenters. The van der Waals surface area contributed by atoms with Crippen molar-refractivity contribution in [1.82, 2.24) is 24.5 Å². The second-order valence-corrected chi connectivity index (χ2v) is 5.50. The Balaban J connectivity index is 1.51. The van der Waals surface area contributed by atoms with E-state index in [0.717, 1.165) is 11.3 Å². The van der Waals surface area contributed by atoms with Gasteiger partial charge in [-0.1, -0.05) is 6.07 Å². The number of nitrogens with zero attached hydrogens (tertiary/aromatic N) is 4. The van der Waals surface area contributed by atoms with Gasteiger partial charge in [-0.05, 0) is 24.3 Å². The third-order valence-electron chi connectivity index (χ3n) is 3.74. The van der Waals surface area contributed by atoms with Crippen LogP contribution in [-0.4, -0.2) is 37.4 Å². The van der Waals surface area contributed by atoms with Gasteiger partial charge < -0.3 is 13.7 Å². The van der Waals surface area contributed by atoms with Crippen LogP contribution in [0.1, 0.15) is 16.2 Å². The highest BCUT2D eigenvalue weighted by atomic mass is 16.3. The smallest absolute Gasteiger partial charge is 0.274 e. The molecular weight excluding hydrogens is 306 g/mol. The van der Waals surface area contributed by atoms with E-state index in [1.54, 1.807) is 30.3 Å². The number of furan rings is 1. The third kappa shape index (κ3) is 2.56. The first-order chi connectivity index (χ1) is 11.7. The number of aromatic nitrogens is 4. The van der Waals surface area contributed by atoms with Crippen molar-refractivity contribution in [3.05, 3.63) is 66.4 Å². The zero-order valence-electron chi connectivity index (χ0n) is 13.0. The average molecular weight is 321 g/mol. The van der Waals surface area contributed by atoms with Gasteiger partial charge in [0.05, 0.1) is 18.5 Å². The Morgan fingerprint density at radius 1 is 1.33 bits per heavy atom. The number of fused-ring (bicyclic) bond motifs is 1. The van der Waals surface area contributed by atoms with Gasteiger partial charge in [0.2, 0.25) is 0 Å². The molecule has 0 saturated carbocycles. The summed E-state index contributed by atoms with van der Waals surface area (Å²) in [6.45, 7) is 0.406. The van der Waals surface area contributed by atoms with Crippen molar-refractivity contribution < 1.29 is 9.21 Å². The fourth-order valence-electron chi connectivity index (χ4n) is 2.56. The zero-order valence-corrected chi connectivity index (χ0v) is 13.0. The van der Waals surface area contributed by atoms with E-state index in [2.05, 4.69) is 15.2 Å². The number of H-pyrrole nitrogens is 1. The SMILES string of the molecule is CN(Cc1cn2ccccc2n1)C(=O)c1cc(-c2ccco2)[nH]n1. The lowest BCUT2D eigenvalue weighted by Crippen LogP contribution is -2.26. The summed E-state index contributed by atoms with van der Waals surface area (Å²) >= 11 is 0. The number of hydrogen-bond acceptors (Lipinski definition) is 4. The molecule has 0 saturated heterocycles. The molecule has 1 amide bonds. The number of hydrogen-bond donors (Lipinski definition) is 1. The van der Waals surface area contributed by atoms with E-state index in [1.807, 2.05) is 41.1 Å². The van der Waals surface area contributed by atoms with Crippen LogP contribution in [0.25, 0.3) is 17.1 Å². The maximum Gasteiger partial charge on any atom is 0.274 e. The Labute approximate surface area is 137 Å². The van der Waals surface area contributed by atoms with E-state index >= 15 is 0 Å². The predicted molar refractivity (Wildman–Crippen MR) is 87.3 cm³/mol. The summed E-state index contributed by atoms with van der Waals surface area (Å²) in [5, 5.41) is 6.89. The second kappa shape index (κ2) is 5.69. The van der Waals surface area contributed by atoms with Crippen molar-refractivity contribution in [2.75, 3.05) is 7.05 Å². The number of amides is 1. The van der Waals surface area contributed by atoms with Crippen LogP contribution in [-0.2, 0) is 6.54 Å². The monoisotopic (exact) mass is 321 g/mol. The standard InChI is InChI=1S/C17H15N5O2/c1-21(10-12-11-22-7-3-2-6-16(22)18-12)17(23)14-9-13(19-20-14)15-5-4-8-24-15/h2-9,11H,10H2,1H3,(H,19,20). The first-order valence-electron chi connectivity index (χ1n) is 7.48. The summed E-state index contributed by atoms with van der Waals surface area (Å²) < 4.78 is 7.22. The van der Waals surface area contributed by atoms with Gasteiger partial charge in [-0.2, -0.15) is 5.10 Å². The molecule has 24 heavy (non-hydrogen) atoms. The lowest BCUT2D eigenvalue weighted by Gasteiger charge is -2.13. The van der Waals surface area contributed by atoms with Gasteiger partial charge in [-0.15, -0.1) is 0 Å². The summed E-state index contributed by atoms with van der Waals surface area (Å²) in [6.07, 6.45) is 5.42. The summed E-state index contributed by atoms with van der Waals surface area (Å²) in [7, 11) is 1.73. The summed E-state index contributed by atoms with van der Waals surface area (Å²) in [5.41, 5.74) is 2.68. The fraction of sp³-hybridized carbons (Fsp3) is 0.118. The molecule has 4 aromatic heterocycles. The maximum atomic E-state index is 12.5. The number of nitrogens with one attached hydrogen (secondary N) is 1. The van der Waals surface area contributed by atoms with E-state index in [0.29, 0.717) is 23.7 Å². The van der Waals surface area contributed by atoms with Crippen molar-refractivity contribution in [1.29, 1.82) is 0 Å². The van der Waals surface area contributed by atoms with Crippen LogP contribution in [0.3, 0.4) is 0 Å². The minimum atomic E-state index is -0.180. The Morgan fingerprint density at radius 3 is 3.04 bits per heavy atom. The van der Waals surface area contributed by atoms with Crippen molar-refractivity contribution in [3.63, 3.8) is 0 Å². The molecule has 7 heteroatoms. The third-order valence-corrected chi connectivity index (χ3v) is 3.74. The summed E-state index contributed by atoms with van der Waals surface area (Å²) in [5.74, 6) is 0.464.